The maximum absolute atomic E-state index is 10.9. The van der Waals surface area contributed by atoms with Crippen molar-refractivity contribution in [3.63, 3.8) is 0 Å². The Morgan fingerprint density at radius 2 is 2.29 bits per heavy atom. The number of benzene rings is 1. The van der Waals surface area contributed by atoms with Gasteiger partial charge in [0.15, 0.2) is 0 Å². The number of hydrogen-bond donors (Lipinski definition) is 1. The molecule has 1 aromatic rings. The minimum Gasteiger partial charge on any atom is -0.326 e. The number of carbonyl (C=O) groups excluding carboxylic acids is 1. The molecule has 0 aromatic heterocycles. The maximum atomic E-state index is 10.9. The summed E-state index contributed by atoms with van der Waals surface area (Å²) in [6, 6.07) is 5.66. The standard InChI is InChI=1S/C8H7BN2O3/c9-5-8(12)10-6-2-1-3-7(4-6)11(13)14/h1-4H,5H2,(H,10,12). The third-order valence-electron chi connectivity index (χ3n) is 1.53. The van der Waals surface area contributed by atoms with Gasteiger partial charge in [-0.15, -0.1) is 0 Å². The van der Waals surface area contributed by atoms with Gasteiger partial charge in [0.05, 0.1) is 12.8 Å². The number of carbonyl (C=O) groups is 1. The summed E-state index contributed by atoms with van der Waals surface area (Å²) >= 11 is 0. The molecule has 0 bridgehead atoms. The zero-order chi connectivity index (χ0) is 10.6. The lowest BCUT2D eigenvalue weighted by molar-refractivity contribution is -0.384. The largest absolute Gasteiger partial charge is 0.326 e. The van der Waals surface area contributed by atoms with Gasteiger partial charge >= 0.3 is 0 Å². The minimum atomic E-state index is -0.530. The first-order valence-corrected chi connectivity index (χ1v) is 3.88. The van der Waals surface area contributed by atoms with Gasteiger partial charge in [0.2, 0.25) is 5.91 Å². The summed E-state index contributed by atoms with van der Waals surface area (Å²) in [7, 11) is 5.07. The first kappa shape index (κ1) is 10.2. The van der Waals surface area contributed by atoms with Gasteiger partial charge in [-0.25, -0.2) is 0 Å². The minimum absolute atomic E-state index is 0.0696. The van der Waals surface area contributed by atoms with Gasteiger partial charge in [-0.05, 0) is 12.4 Å². The number of nitro groups is 1. The number of amides is 1. The van der Waals surface area contributed by atoms with Crippen molar-refractivity contribution >= 4 is 25.1 Å². The molecule has 0 aliphatic heterocycles. The summed E-state index contributed by atoms with van der Waals surface area (Å²) in [5.41, 5.74) is 0.300. The van der Waals surface area contributed by atoms with Gasteiger partial charge < -0.3 is 5.32 Å². The van der Waals surface area contributed by atoms with Crippen molar-refractivity contribution in [2.45, 2.75) is 6.32 Å². The molecule has 1 aromatic carbocycles. The van der Waals surface area contributed by atoms with E-state index in [0.717, 1.165) is 0 Å². The second-order valence-corrected chi connectivity index (χ2v) is 2.56. The number of anilines is 1. The summed E-state index contributed by atoms with van der Waals surface area (Å²) in [5, 5.41) is 12.8. The fraction of sp³-hybridized carbons (Fsp3) is 0.125. The van der Waals surface area contributed by atoms with Crippen LogP contribution in [-0.2, 0) is 4.79 Å². The molecule has 0 aliphatic carbocycles. The summed E-state index contributed by atoms with van der Waals surface area (Å²) in [5.74, 6) is -0.384. The van der Waals surface area contributed by atoms with Crippen molar-refractivity contribution in [1.29, 1.82) is 0 Å². The third kappa shape index (κ3) is 2.58. The van der Waals surface area contributed by atoms with E-state index in [9.17, 15) is 14.9 Å². The quantitative estimate of drug-likeness (QED) is 0.440. The summed E-state index contributed by atoms with van der Waals surface area (Å²) in [6.45, 7) is 0. The van der Waals surface area contributed by atoms with E-state index in [-0.39, 0.29) is 17.9 Å². The van der Waals surface area contributed by atoms with Gasteiger partial charge in [0.1, 0.15) is 0 Å². The SMILES string of the molecule is [B]CC(=O)Nc1cccc([N+](=O)[O-])c1. The van der Waals surface area contributed by atoms with E-state index in [1.807, 2.05) is 0 Å². The van der Waals surface area contributed by atoms with E-state index in [0.29, 0.717) is 5.69 Å². The average molecular weight is 190 g/mol. The summed E-state index contributed by atoms with van der Waals surface area (Å²) in [6.07, 6.45) is -0.150. The lowest BCUT2D eigenvalue weighted by Gasteiger charge is -2.02. The number of non-ortho nitro benzene ring substituents is 1. The van der Waals surface area contributed by atoms with Crippen LogP contribution in [0, 0.1) is 10.1 Å². The van der Waals surface area contributed by atoms with Crippen molar-refractivity contribution in [3.8, 4) is 0 Å². The first-order valence-electron chi connectivity index (χ1n) is 3.88. The molecule has 0 unspecified atom stereocenters. The van der Waals surface area contributed by atoms with Gasteiger partial charge in [0.25, 0.3) is 5.69 Å². The monoisotopic (exact) mass is 190 g/mol. The molecule has 70 valence electrons. The fourth-order valence-electron chi connectivity index (χ4n) is 0.909. The number of hydrogen-bond acceptors (Lipinski definition) is 3. The predicted molar refractivity (Wildman–Crippen MR) is 52.3 cm³/mol. The van der Waals surface area contributed by atoms with Crippen LogP contribution in [0.3, 0.4) is 0 Å². The van der Waals surface area contributed by atoms with Crippen LogP contribution in [0.5, 0.6) is 0 Å². The van der Waals surface area contributed by atoms with E-state index in [4.69, 9.17) is 7.85 Å². The number of nitrogens with one attached hydrogen (secondary N) is 1. The van der Waals surface area contributed by atoms with Crippen LogP contribution < -0.4 is 5.32 Å². The molecule has 0 atom stereocenters. The van der Waals surface area contributed by atoms with Crippen molar-refractivity contribution in [2.75, 3.05) is 5.32 Å². The molecule has 0 aliphatic rings. The number of nitro benzene ring substituents is 1. The van der Waals surface area contributed by atoms with E-state index >= 15 is 0 Å². The first-order chi connectivity index (χ1) is 6.63. The van der Waals surface area contributed by atoms with Crippen LogP contribution in [0.4, 0.5) is 11.4 Å². The molecular formula is C8H7BN2O3. The Morgan fingerprint density at radius 3 is 2.86 bits per heavy atom. The fourth-order valence-corrected chi connectivity index (χ4v) is 0.909. The molecule has 6 heteroatoms. The van der Waals surface area contributed by atoms with Gasteiger partial charge in [0, 0.05) is 17.8 Å². The van der Waals surface area contributed by atoms with Crippen molar-refractivity contribution < 1.29 is 9.72 Å². The Morgan fingerprint density at radius 1 is 1.57 bits per heavy atom. The predicted octanol–water partition coefficient (Wildman–Crippen LogP) is 1.12. The van der Waals surface area contributed by atoms with Crippen LogP contribution in [0.2, 0.25) is 6.32 Å². The molecule has 1 amide bonds. The van der Waals surface area contributed by atoms with Crippen molar-refractivity contribution in [3.05, 3.63) is 34.4 Å². The summed E-state index contributed by atoms with van der Waals surface area (Å²) < 4.78 is 0. The molecule has 0 heterocycles. The highest BCUT2D eigenvalue weighted by Crippen LogP contribution is 2.16. The van der Waals surface area contributed by atoms with Crippen LogP contribution in [0.1, 0.15) is 0 Å². The highest BCUT2D eigenvalue weighted by atomic mass is 16.6. The number of rotatable bonds is 3. The van der Waals surface area contributed by atoms with Crippen LogP contribution in [-0.4, -0.2) is 18.7 Å². The lowest BCUT2D eigenvalue weighted by Crippen LogP contribution is -2.10. The Labute approximate surface area is 81.7 Å². The molecule has 0 saturated carbocycles. The second kappa shape index (κ2) is 4.41. The van der Waals surface area contributed by atoms with Gasteiger partial charge in [-0.1, -0.05) is 6.07 Å². The zero-order valence-electron chi connectivity index (χ0n) is 7.27. The van der Waals surface area contributed by atoms with E-state index in [2.05, 4.69) is 5.32 Å². The van der Waals surface area contributed by atoms with Gasteiger partial charge in [-0.3, -0.25) is 14.9 Å². The van der Waals surface area contributed by atoms with Crippen molar-refractivity contribution in [1.82, 2.24) is 0 Å². The maximum Gasteiger partial charge on any atom is 0.271 e. The second-order valence-electron chi connectivity index (χ2n) is 2.56. The van der Waals surface area contributed by atoms with E-state index in [1.165, 1.54) is 18.2 Å². The van der Waals surface area contributed by atoms with Gasteiger partial charge in [-0.2, -0.15) is 0 Å². The molecule has 1 N–H and O–H groups in total. The molecule has 14 heavy (non-hydrogen) atoms. The van der Waals surface area contributed by atoms with Crippen molar-refractivity contribution in [2.24, 2.45) is 0 Å². The lowest BCUT2D eigenvalue weighted by atomic mass is 10.1. The molecule has 5 nitrogen and oxygen atoms in total. The Kier molecular flexibility index (Phi) is 3.22. The Balaban J connectivity index is 2.83. The number of nitrogens with zero attached hydrogens (tertiary/aromatic N) is 1. The Hall–Kier alpha value is -1.85. The van der Waals surface area contributed by atoms with Crippen LogP contribution in [0.15, 0.2) is 24.3 Å². The Bertz CT molecular complexity index is 367. The molecule has 0 fully saturated rings. The third-order valence-corrected chi connectivity index (χ3v) is 1.53. The van der Waals surface area contributed by atoms with Crippen LogP contribution in [0.25, 0.3) is 0 Å². The molecule has 2 radical (unpaired) electrons. The van der Waals surface area contributed by atoms with E-state index < -0.39 is 4.92 Å². The van der Waals surface area contributed by atoms with Crippen LogP contribution >= 0.6 is 0 Å². The highest BCUT2D eigenvalue weighted by molar-refractivity contribution is 6.22. The smallest absolute Gasteiger partial charge is 0.271 e. The average Bonchev–Trinajstić information content (AvgIpc) is 2.18. The molecule has 0 spiro atoms. The van der Waals surface area contributed by atoms with E-state index in [1.54, 1.807) is 6.07 Å². The normalized spacial score (nSPS) is 9.43. The highest BCUT2D eigenvalue weighted by Gasteiger charge is 2.06. The molecular weight excluding hydrogens is 183 g/mol. The summed E-state index contributed by atoms with van der Waals surface area (Å²) in [4.78, 5) is 20.7. The molecule has 0 saturated heterocycles. The topological polar surface area (TPSA) is 72.2 Å². The zero-order valence-corrected chi connectivity index (χ0v) is 7.27. The molecule has 1 rings (SSSR count).